The van der Waals surface area contributed by atoms with Crippen LogP contribution in [-0.2, 0) is 21.5 Å². The zero-order valence-corrected chi connectivity index (χ0v) is 19.9. The molecule has 2 aromatic carbocycles. The van der Waals surface area contributed by atoms with Gasteiger partial charge in [-0.3, -0.25) is 19.2 Å². The van der Waals surface area contributed by atoms with Gasteiger partial charge < -0.3 is 30.5 Å². The van der Waals surface area contributed by atoms with Gasteiger partial charge in [0.1, 0.15) is 17.1 Å². The molecule has 11 heteroatoms. The predicted molar refractivity (Wildman–Crippen MR) is 124 cm³/mol. The molecule has 0 fully saturated rings. The fraction of sp³-hybridized carbons (Fsp3) is 0.269. The van der Waals surface area contributed by atoms with E-state index in [1.54, 1.807) is 0 Å². The summed E-state index contributed by atoms with van der Waals surface area (Å²) >= 11 is 0. The van der Waals surface area contributed by atoms with Gasteiger partial charge in [0.2, 0.25) is 17.3 Å². The second kappa shape index (κ2) is 7.58. The Kier molecular flexibility index (Phi) is 4.99. The number of carbonyl (C=O) groups is 5. The highest BCUT2D eigenvalue weighted by atomic mass is 16.5. The summed E-state index contributed by atoms with van der Waals surface area (Å²) in [5, 5.41) is 34.3. The summed E-state index contributed by atoms with van der Waals surface area (Å²) in [4.78, 5) is 65.7. The lowest BCUT2D eigenvalue weighted by Gasteiger charge is -2.50. The van der Waals surface area contributed by atoms with Gasteiger partial charge in [0.25, 0.3) is 0 Å². The number of phenols is 2. The summed E-state index contributed by atoms with van der Waals surface area (Å²) < 4.78 is 10.3. The Morgan fingerprint density at radius 3 is 2.30 bits per heavy atom. The number of rotatable bonds is 2. The number of Topliss-reactive ketones (excluding diaryl/α,β-unsaturated/α-hetero) is 3. The monoisotopic (exact) mass is 507 g/mol. The van der Waals surface area contributed by atoms with E-state index in [0.717, 1.165) is 26.4 Å². The standard InChI is InChI=1S/C26H21NO10/c1-9-6-10-4-5-25(37-3)23(33)17-12(7-11-16(20(17)30)14(28)8-13(27)19(11)29)22(32)26(25,35)18(10)21(31)15(9)24(34)36-2/h6-8,30-31,35H,4-5,27H2,1-3H3. The van der Waals surface area contributed by atoms with E-state index in [-0.39, 0.29) is 24.0 Å². The second-order valence-electron chi connectivity index (χ2n) is 9.21. The van der Waals surface area contributed by atoms with E-state index >= 15 is 0 Å². The van der Waals surface area contributed by atoms with Gasteiger partial charge in [-0.25, -0.2) is 4.79 Å². The maximum Gasteiger partial charge on any atom is 0.341 e. The molecule has 5 rings (SSSR count). The fourth-order valence-electron chi connectivity index (χ4n) is 5.78. The van der Waals surface area contributed by atoms with E-state index in [0.29, 0.717) is 5.56 Å². The van der Waals surface area contributed by atoms with Crippen LogP contribution in [0.5, 0.6) is 11.5 Å². The molecule has 2 unspecified atom stereocenters. The minimum absolute atomic E-state index is 0.0398. The molecule has 0 heterocycles. The third-order valence-electron chi connectivity index (χ3n) is 7.52. The lowest BCUT2D eigenvalue weighted by Crippen LogP contribution is -2.67. The zero-order chi connectivity index (χ0) is 27.2. The summed E-state index contributed by atoms with van der Waals surface area (Å²) in [5.41, 5.74) is -2.28. The Bertz CT molecular complexity index is 1550. The van der Waals surface area contributed by atoms with Crippen LogP contribution in [0.4, 0.5) is 0 Å². The number of methoxy groups -OCH3 is 2. The number of allylic oxidation sites excluding steroid dienone is 2. The van der Waals surface area contributed by atoms with E-state index < -0.39 is 85.3 Å². The van der Waals surface area contributed by atoms with Crippen LogP contribution in [-0.4, -0.2) is 64.2 Å². The van der Waals surface area contributed by atoms with E-state index in [9.17, 15) is 39.3 Å². The molecule has 0 amide bonds. The normalized spacial score (nSPS) is 24.1. The number of nitrogens with two attached hydrogens (primary N) is 1. The topological polar surface area (TPSA) is 191 Å². The number of aryl methyl sites for hydroxylation is 2. The predicted octanol–water partition coefficient (Wildman–Crippen LogP) is 1.01. The first-order valence-electron chi connectivity index (χ1n) is 11.1. The van der Waals surface area contributed by atoms with Gasteiger partial charge >= 0.3 is 5.97 Å². The highest BCUT2D eigenvalue weighted by Crippen LogP contribution is 2.56. The molecule has 11 nitrogen and oxygen atoms in total. The van der Waals surface area contributed by atoms with Crippen molar-refractivity contribution in [3.05, 3.63) is 68.4 Å². The highest BCUT2D eigenvalue weighted by Gasteiger charge is 2.69. The summed E-state index contributed by atoms with van der Waals surface area (Å²) in [7, 11) is 2.16. The number of hydrogen-bond acceptors (Lipinski definition) is 11. The van der Waals surface area contributed by atoms with Crippen LogP contribution < -0.4 is 5.73 Å². The van der Waals surface area contributed by atoms with Gasteiger partial charge in [-0.15, -0.1) is 0 Å². The van der Waals surface area contributed by atoms with Crippen molar-refractivity contribution in [3.63, 3.8) is 0 Å². The fourth-order valence-corrected chi connectivity index (χ4v) is 5.78. The third kappa shape index (κ3) is 2.69. The average Bonchev–Trinajstić information content (AvgIpc) is 2.85. The lowest BCUT2D eigenvalue weighted by atomic mass is 9.57. The molecule has 0 spiro atoms. The SMILES string of the molecule is COC(=O)c1c(C)cc2c(c1O)C1(O)C(=O)c3cc4c(c(O)c3C(=O)C1(OC)CC2)C(=O)C=C(N)C4=O. The van der Waals surface area contributed by atoms with Crippen LogP contribution >= 0.6 is 0 Å². The average molecular weight is 507 g/mol. The number of ether oxygens (including phenoxy) is 2. The number of carbonyl (C=O) groups excluding carboxylic acids is 5. The van der Waals surface area contributed by atoms with Gasteiger partial charge in [0.15, 0.2) is 17.0 Å². The Balaban J connectivity index is 1.89. The summed E-state index contributed by atoms with van der Waals surface area (Å²) in [6.45, 7) is 1.53. The van der Waals surface area contributed by atoms with Gasteiger partial charge in [0, 0.05) is 29.9 Å². The molecule has 2 aromatic rings. The molecule has 190 valence electrons. The van der Waals surface area contributed by atoms with Gasteiger partial charge in [-0.1, -0.05) is 6.07 Å². The highest BCUT2D eigenvalue weighted by molar-refractivity contribution is 6.30. The Hall–Kier alpha value is -4.35. The molecule has 0 saturated heterocycles. The van der Waals surface area contributed by atoms with Crippen molar-refractivity contribution in [3.8, 4) is 11.5 Å². The molecule has 5 N–H and O–H groups in total. The van der Waals surface area contributed by atoms with Crippen molar-refractivity contribution >= 4 is 29.1 Å². The van der Waals surface area contributed by atoms with Crippen LogP contribution in [0.15, 0.2) is 23.9 Å². The summed E-state index contributed by atoms with van der Waals surface area (Å²) in [5.74, 6) is -6.56. The lowest BCUT2D eigenvalue weighted by molar-refractivity contribution is -0.135. The van der Waals surface area contributed by atoms with Crippen LogP contribution in [0.2, 0.25) is 0 Å². The third-order valence-corrected chi connectivity index (χ3v) is 7.52. The van der Waals surface area contributed by atoms with E-state index in [2.05, 4.69) is 0 Å². The number of benzene rings is 2. The summed E-state index contributed by atoms with van der Waals surface area (Å²) in [6, 6.07) is 2.41. The number of aliphatic hydroxyl groups is 1. The van der Waals surface area contributed by atoms with Crippen molar-refractivity contribution < 1.29 is 48.8 Å². The van der Waals surface area contributed by atoms with Crippen LogP contribution in [0.3, 0.4) is 0 Å². The number of fused-ring (bicyclic) bond motifs is 5. The molecule has 0 bridgehead atoms. The second-order valence-corrected chi connectivity index (χ2v) is 9.21. The molecule has 0 aromatic heterocycles. The van der Waals surface area contributed by atoms with Gasteiger partial charge in [0.05, 0.1) is 23.9 Å². The van der Waals surface area contributed by atoms with E-state index in [1.807, 2.05) is 0 Å². The summed E-state index contributed by atoms with van der Waals surface area (Å²) in [6.07, 6.45) is 0.599. The van der Waals surface area contributed by atoms with Crippen molar-refractivity contribution in [2.75, 3.05) is 14.2 Å². The van der Waals surface area contributed by atoms with Crippen LogP contribution in [0, 0.1) is 6.92 Å². The quantitative estimate of drug-likeness (QED) is 0.424. The minimum Gasteiger partial charge on any atom is -0.507 e. The first kappa shape index (κ1) is 24.3. The Morgan fingerprint density at radius 1 is 1.00 bits per heavy atom. The van der Waals surface area contributed by atoms with Crippen LogP contribution in [0.25, 0.3) is 0 Å². The first-order valence-corrected chi connectivity index (χ1v) is 11.1. The number of phenolic OH excluding ortho intramolecular Hbond substituents is 2. The number of aromatic hydroxyl groups is 2. The maximum atomic E-state index is 14.1. The van der Waals surface area contributed by atoms with Gasteiger partial charge in [-0.05, 0) is 37.0 Å². The molecule has 0 radical (unpaired) electrons. The molecule has 0 saturated carbocycles. The number of ketones is 4. The molecule has 0 aliphatic heterocycles. The molecule has 2 atom stereocenters. The number of esters is 1. The van der Waals surface area contributed by atoms with Crippen molar-refractivity contribution in [2.24, 2.45) is 5.73 Å². The minimum atomic E-state index is -2.87. The Labute approximate surface area is 209 Å². The zero-order valence-electron chi connectivity index (χ0n) is 19.9. The van der Waals surface area contributed by atoms with Gasteiger partial charge in [-0.2, -0.15) is 0 Å². The smallest absolute Gasteiger partial charge is 0.341 e. The Morgan fingerprint density at radius 2 is 1.68 bits per heavy atom. The van der Waals surface area contributed by atoms with E-state index in [1.165, 1.54) is 13.0 Å². The largest absolute Gasteiger partial charge is 0.507 e. The molecule has 3 aliphatic carbocycles. The molecular weight excluding hydrogens is 486 g/mol. The van der Waals surface area contributed by atoms with Crippen LogP contribution in [0.1, 0.15) is 74.9 Å². The molecular formula is C26H21NO10. The maximum absolute atomic E-state index is 14.1. The van der Waals surface area contributed by atoms with Crippen molar-refractivity contribution in [2.45, 2.75) is 31.0 Å². The van der Waals surface area contributed by atoms with Crippen molar-refractivity contribution in [1.29, 1.82) is 0 Å². The van der Waals surface area contributed by atoms with E-state index in [4.69, 9.17) is 15.2 Å². The number of hydrogen-bond donors (Lipinski definition) is 4. The molecule has 3 aliphatic rings. The first-order chi connectivity index (χ1) is 17.4. The van der Waals surface area contributed by atoms with Crippen molar-refractivity contribution in [1.82, 2.24) is 0 Å². The molecule has 37 heavy (non-hydrogen) atoms.